The molecule has 1 aromatic rings. The van der Waals surface area contributed by atoms with E-state index in [1.54, 1.807) is 12.1 Å². The Hall–Kier alpha value is -2.57. The molecule has 0 aliphatic heterocycles. The minimum absolute atomic E-state index is 0.0444. The van der Waals surface area contributed by atoms with Gasteiger partial charge < -0.3 is 20.5 Å². The Bertz CT molecular complexity index is 666. The number of aromatic hydroxyl groups is 1. The van der Waals surface area contributed by atoms with E-state index >= 15 is 0 Å². The number of phenolic OH excluding ortho intramolecular Hbond substituents is 1. The van der Waals surface area contributed by atoms with Gasteiger partial charge in [0, 0.05) is 18.3 Å². The smallest absolute Gasteiger partial charge is 0.245 e. The largest absolute Gasteiger partial charge is 0.507 e. The summed E-state index contributed by atoms with van der Waals surface area (Å²) in [6.07, 6.45) is 3.35. The average Bonchev–Trinajstić information content (AvgIpc) is 2.60. The first-order valence-corrected chi connectivity index (χ1v) is 9.13. The second kappa shape index (κ2) is 10.5. The maximum Gasteiger partial charge on any atom is 0.245 e. The maximum atomic E-state index is 12.6. The van der Waals surface area contributed by atoms with Crippen molar-refractivity contribution in [3.63, 3.8) is 0 Å². The van der Waals surface area contributed by atoms with E-state index in [1.165, 1.54) is 19.4 Å². The van der Waals surface area contributed by atoms with Crippen molar-refractivity contribution in [1.82, 2.24) is 10.6 Å². The Morgan fingerprint density at radius 2 is 2.00 bits per heavy atom. The number of rotatable bonds is 9. The van der Waals surface area contributed by atoms with Crippen molar-refractivity contribution in [2.75, 3.05) is 20.2 Å². The van der Waals surface area contributed by atoms with Gasteiger partial charge in [-0.3, -0.25) is 14.6 Å². The summed E-state index contributed by atoms with van der Waals surface area (Å²) in [5.41, 5.74) is -0.0120. The van der Waals surface area contributed by atoms with Gasteiger partial charge in [-0.05, 0) is 30.0 Å². The number of hydrogen-bond donors (Lipinski definition) is 3. The van der Waals surface area contributed by atoms with Gasteiger partial charge in [0.25, 0.3) is 0 Å². The molecule has 2 amide bonds. The van der Waals surface area contributed by atoms with Gasteiger partial charge in [0.15, 0.2) is 0 Å². The molecule has 0 radical (unpaired) electrons. The van der Waals surface area contributed by atoms with Gasteiger partial charge in [-0.15, -0.1) is 0 Å². The number of benzene rings is 1. The van der Waals surface area contributed by atoms with E-state index in [-0.39, 0.29) is 24.1 Å². The average molecular weight is 377 g/mol. The van der Waals surface area contributed by atoms with Crippen molar-refractivity contribution >= 4 is 18.0 Å². The van der Waals surface area contributed by atoms with Crippen LogP contribution in [-0.2, 0) is 9.59 Å². The topological polar surface area (TPSA) is 100 Å². The van der Waals surface area contributed by atoms with Crippen LogP contribution in [0.5, 0.6) is 11.5 Å². The summed E-state index contributed by atoms with van der Waals surface area (Å²) in [7, 11) is 1.53. The molecule has 0 saturated carbocycles. The summed E-state index contributed by atoms with van der Waals surface area (Å²) in [6, 6.07) is 4.06. The van der Waals surface area contributed by atoms with E-state index < -0.39 is 11.5 Å². The van der Waals surface area contributed by atoms with Crippen LogP contribution in [0, 0.1) is 5.41 Å². The second-order valence-corrected chi connectivity index (χ2v) is 7.39. The number of nitrogens with zero attached hydrogens (tertiary/aromatic N) is 1. The molecule has 0 aliphatic carbocycles. The molecule has 0 spiro atoms. The van der Waals surface area contributed by atoms with E-state index in [4.69, 9.17) is 4.74 Å². The zero-order chi connectivity index (χ0) is 20.4. The number of hydrogen-bond acceptors (Lipinski definition) is 5. The van der Waals surface area contributed by atoms with Crippen molar-refractivity contribution < 1.29 is 19.4 Å². The Kier molecular flexibility index (Phi) is 8.78. The van der Waals surface area contributed by atoms with Crippen LogP contribution in [0.2, 0.25) is 0 Å². The molecule has 0 saturated heterocycles. The lowest BCUT2D eigenvalue weighted by Crippen LogP contribution is -2.45. The number of aliphatic imine (C=N–C) groups is 1. The maximum absolute atomic E-state index is 12.6. The van der Waals surface area contributed by atoms with E-state index in [0.29, 0.717) is 17.9 Å². The highest BCUT2D eigenvalue weighted by Crippen LogP contribution is 2.25. The van der Waals surface area contributed by atoms with Crippen LogP contribution in [0.15, 0.2) is 23.2 Å². The lowest BCUT2D eigenvalue weighted by Gasteiger charge is -2.26. The van der Waals surface area contributed by atoms with Gasteiger partial charge in [0.1, 0.15) is 17.5 Å². The van der Waals surface area contributed by atoms with E-state index in [2.05, 4.69) is 15.6 Å². The van der Waals surface area contributed by atoms with Crippen LogP contribution < -0.4 is 15.4 Å². The van der Waals surface area contributed by atoms with Crippen LogP contribution in [0.3, 0.4) is 0 Å². The first kappa shape index (κ1) is 22.5. The van der Waals surface area contributed by atoms with Gasteiger partial charge in [-0.25, -0.2) is 0 Å². The van der Waals surface area contributed by atoms with E-state index in [9.17, 15) is 14.7 Å². The molecular formula is C20H31N3O4. The third-order valence-electron chi connectivity index (χ3n) is 3.94. The highest BCUT2D eigenvalue weighted by Gasteiger charge is 2.30. The molecule has 150 valence electrons. The van der Waals surface area contributed by atoms with Gasteiger partial charge >= 0.3 is 0 Å². The molecule has 0 bridgehead atoms. The summed E-state index contributed by atoms with van der Waals surface area (Å²) in [6.45, 7) is 8.22. The number of amides is 2. The van der Waals surface area contributed by atoms with E-state index in [1.807, 2.05) is 27.7 Å². The molecular weight excluding hydrogens is 346 g/mol. The molecule has 3 N–H and O–H groups in total. The zero-order valence-corrected chi connectivity index (χ0v) is 16.8. The molecule has 7 nitrogen and oxygen atoms in total. The summed E-state index contributed by atoms with van der Waals surface area (Å²) >= 11 is 0. The minimum atomic E-state index is -0.716. The quantitative estimate of drug-likeness (QED) is 0.454. The van der Waals surface area contributed by atoms with Crippen molar-refractivity contribution in [2.45, 2.75) is 46.6 Å². The first-order chi connectivity index (χ1) is 12.7. The van der Waals surface area contributed by atoms with Crippen LogP contribution in [0.25, 0.3) is 0 Å². The number of carbonyl (C=O) groups excluding carboxylic acids is 2. The molecule has 7 heteroatoms. The molecule has 0 aromatic heterocycles. The van der Waals surface area contributed by atoms with E-state index in [0.717, 1.165) is 12.8 Å². The number of phenols is 1. The Balaban J connectivity index is 2.81. The Morgan fingerprint density at radius 3 is 2.59 bits per heavy atom. The van der Waals surface area contributed by atoms with Gasteiger partial charge in [-0.1, -0.05) is 34.1 Å². The fourth-order valence-corrected chi connectivity index (χ4v) is 2.33. The highest BCUT2D eigenvalue weighted by molar-refractivity contribution is 5.91. The number of nitrogens with one attached hydrogen (secondary N) is 2. The van der Waals surface area contributed by atoms with Crippen molar-refractivity contribution in [3.8, 4) is 11.5 Å². The van der Waals surface area contributed by atoms with Gasteiger partial charge in [0.05, 0.1) is 13.7 Å². The van der Waals surface area contributed by atoms with Crippen molar-refractivity contribution in [2.24, 2.45) is 10.4 Å². The molecule has 0 unspecified atom stereocenters. The molecule has 1 rings (SSSR count). The highest BCUT2D eigenvalue weighted by atomic mass is 16.5. The summed E-state index contributed by atoms with van der Waals surface area (Å²) < 4.78 is 5.14. The normalized spacial score (nSPS) is 12.6. The zero-order valence-electron chi connectivity index (χ0n) is 16.8. The molecule has 0 heterocycles. The van der Waals surface area contributed by atoms with Crippen molar-refractivity contribution in [3.05, 3.63) is 23.8 Å². The number of ether oxygens (including phenoxy) is 1. The van der Waals surface area contributed by atoms with Crippen LogP contribution in [0.4, 0.5) is 0 Å². The van der Waals surface area contributed by atoms with Crippen LogP contribution >= 0.6 is 0 Å². The molecule has 1 atom stereocenters. The standard InChI is InChI=1S/C20H31N3O4/c1-6-7-10-21-17(25)13-23-19(26)18(20(2,3)4)22-12-14-11-15(27-5)8-9-16(14)24/h8-9,11-12,18,24H,6-7,10,13H2,1-5H3,(H,21,25)(H,23,26)/t18-/m1/s1. The second-order valence-electron chi connectivity index (χ2n) is 7.39. The molecule has 1 aromatic carbocycles. The summed E-state index contributed by atoms with van der Waals surface area (Å²) in [5.74, 6) is 0.0586. The number of carbonyl (C=O) groups is 2. The molecule has 0 fully saturated rings. The van der Waals surface area contributed by atoms with Crippen LogP contribution in [0.1, 0.15) is 46.1 Å². The molecule has 27 heavy (non-hydrogen) atoms. The Morgan fingerprint density at radius 1 is 1.30 bits per heavy atom. The third-order valence-corrected chi connectivity index (χ3v) is 3.94. The lowest BCUT2D eigenvalue weighted by molar-refractivity contribution is -0.128. The van der Waals surface area contributed by atoms with Crippen molar-refractivity contribution in [1.29, 1.82) is 0 Å². The third kappa shape index (κ3) is 7.68. The Labute approximate surface area is 161 Å². The molecule has 0 aliphatic rings. The van der Waals surface area contributed by atoms with Crippen LogP contribution in [-0.4, -0.2) is 49.4 Å². The first-order valence-electron chi connectivity index (χ1n) is 9.13. The van der Waals surface area contributed by atoms with Gasteiger partial charge in [0.2, 0.25) is 11.8 Å². The summed E-state index contributed by atoms with van der Waals surface area (Å²) in [4.78, 5) is 28.7. The predicted molar refractivity (Wildman–Crippen MR) is 106 cm³/mol. The van der Waals surface area contributed by atoms with Gasteiger partial charge in [-0.2, -0.15) is 0 Å². The fraction of sp³-hybridized carbons (Fsp3) is 0.550. The SMILES string of the molecule is CCCCNC(=O)CNC(=O)[C@@H](N=Cc1cc(OC)ccc1O)C(C)(C)C. The monoisotopic (exact) mass is 377 g/mol. The predicted octanol–water partition coefficient (Wildman–Crippen LogP) is 2.27. The fourth-order valence-electron chi connectivity index (χ4n) is 2.33. The number of methoxy groups -OCH3 is 1. The summed E-state index contributed by atoms with van der Waals surface area (Å²) in [5, 5.41) is 15.4. The minimum Gasteiger partial charge on any atom is -0.507 e. The lowest BCUT2D eigenvalue weighted by atomic mass is 9.86. The number of unbranched alkanes of at least 4 members (excludes halogenated alkanes) is 1.